The van der Waals surface area contributed by atoms with Crippen molar-refractivity contribution in [3.8, 4) is 0 Å². The summed E-state index contributed by atoms with van der Waals surface area (Å²) in [7, 11) is 0. The monoisotopic (exact) mass is 348 g/mol. The molecular weight excluding hydrogens is 331 g/mol. The molecule has 0 spiro atoms. The lowest BCUT2D eigenvalue weighted by Crippen LogP contribution is -2.44. The fourth-order valence-corrected chi connectivity index (χ4v) is 4.81. The Morgan fingerprint density at radius 3 is 2.47 bits per heavy atom. The van der Waals surface area contributed by atoms with Crippen LogP contribution < -0.4 is 0 Å². The van der Waals surface area contributed by atoms with Gasteiger partial charge in [0.1, 0.15) is 3.55 Å². The van der Waals surface area contributed by atoms with E-state index >= 15 is 0 Å². The third-order valence-corrected chi connectivity index (χ3v) is 4.71. The molecule has 1 aliphatic rings. The van der Waals surface area contributed by atoms with Crippen LogP contribution in [0.15, 0.2) is 9.98 Å². The largest absolute Gasteiger partial charge is 0.236 e. The zero-order valence-electron chi connectivity index (χ0n) is 10.4. The number of isocyanates is 2. The number of hydrogen-bond acceptors (Lipinski definition) is 4. The summed E-state index contributed by atoms with van der Waals surface area (Å²) >= 11 is 2.24. The van der Waals surface area contributed by atoms with Crippen LogP contribution in [0, 0.1) is 17.3 Å². The first kappa shape index (κ1) is 14.6. The molecule has 0 aliphatic heterocycles. The molecule has 0 radical (unpaired) electrons. The molecule has 0 aromatic heterocycles. The van der Waals surface area contributed by atoms with E-state index in [1.54, 1.807) is 12.2 Å². The molecule has 4 nitrogen and oxygen atoms in total. The van der Waals surface area contributed by atoms with E-state index < -0.39 is 0 Å². The molecule has 0 aromatic carbocycles. The second-order valence-electron chi connectivity index (χ2n) is 5.51. The lowest BCUT2D eigenvalue weighted by molar-refractivity contribution is 0.0731. The maximum atomic E-state index is 10.5. The van der Waals surface area contributed by atoms with Gasteiger partial charge in [0.05, 0.1) is 6.54 Å². The Morgan fingerprint density at radius 2 is 2.00 bits per heavy atom. The van der Waals surface area contributed by atoms with Crippen molar-refractivity contribution in [2.45, 2.75) is 37.2 Å². The van der Waals surface area contributed by atoms with Crippen molar-refractivity contribution in [2.75, 3.05) is 6.54 Å². The van der Waals surface area contributed by atoms with Crippen LogP contribution in [0.2, 0.25) is 0 Å². The third kappa shape index (κ3) is 3.47. The minimum absolute atomic E-state index is 0.000440. The van der Waals surface area contributed by atoms with E-state index in [0.717, 1.165) is 12.8 Å². The number of rotatable bonds is 3. The van der Waals surface area contributed by atoms with E-state index in [9.17, 15) is 9.59 Å². The van der Waals surface area contributed by atoms with Crippen LogP contribution in [0.5, 0.6) is 0 Å². The molecule has 1 fully saturated rings. The summed E-state index contributed by atoms with van der Waals surface area (Å²) in [6.45, 7) is 6.91. The van der Waals surface area contributed by atoms with Gasteiger partial charge in [-0.05, 0) is 30.1 Å². The van der Waals surface area contributed by atoms with E-state index in [1.807, 2.05) is 0 Å². The molecule has 1 aliphatic carbocycles. The Bertz CT molecular complexity index is 384. The van der Waals surface area contributed by atoms with Gasteiger partial charge in [0.15, 0.2) is 0 Å². The molecule has 0 saturated heterocycles. The Hall–Kier alpha value is -0.510. The minimum Gasteiger partial charge on any atom is -0.211 e. The molecule has 3 unspecified atom stereocenters. The molecule has 0 aromatic rings. The predicted octanol–water partition coefficient (Wildman–Crippen LogP) is 2.86. The van der Waals surface area contributed by atoms with Gasteiger partial charge in [0.2, 0.25) is 12.2 Å². The predicted molar refractivity (Wildman–Crippen MR) is 73.5 cm³/mol. The van der Waals surface area contributed by atoms with Gasteiger partial charge in [-0.1, -0.05) is 43.4 Å². The highest BCUT2D eigenvalue weighted by molar-refractivity contribution is 14.1. The molecule has 94 valence electrons. The molecule has 0 heterocycles. The number of aliphatic imine (C=N–C) groups is 2. The SMILES string of the molecule is CC1CC(I)(N=C=O)CC(C)(C)C1CN=C=O. The molecule has 5 heteroatoms. The molecule has 0 N–H and O–H groups in total. The smallest absolute Gasteiger partial charge is 0.211 e. The summed E-state index contributed by atoms with van der Waals surface area (Å²) in [5.74, 6) is 0.693. The summed E-state index contributed by atoms with van der Waals surface area (Å²) < 4.78 is -0.357. The molecule has 1 saturated carbocycles. The molecule has 1 rings (SSSR count). The van der Waals surface area contributed by atoms with Crippen molar-refractivity contribution in [1.29, 1.82) is 0 Å². The van der Waals surface area contributed by atoms with E-state index in [-0.39, 0.29) is 8.96 Å². The van der Waals surface area contributed by atoms with Gasteiger partial charge in [0.25, 0.3) is 0 Å². The third-order valence-electron chi connectivity index (χ3n) is 3.65. The number of alkyl halides is 1. The lowest BCUT2D eigenvalue weighted by Gasteiger charge is -2.47. The van der Waals surface area contributed by atoms with Gasteiger partial charge >= 0.3 is 0 Å². The van der Waals surface area contributed by atoms with E-state index in [2.05, 4.69) is 53.3 Å². The Kier molecular flexibility index (Phi) is 4.64. The first-order valence-electron chi connectivity index (χ1n) is 5.66. The average molecular weight is 348 g/mol. The summed E-state index contributed by atoms with van der Waals surface area (Å²) in [5, 5.41) is 0. The van der Waals surface area contributed by atoms with Crippen molar-refractivity contribution < 1.29 is 9.59 Å². The van der Waals surface area contributed by atoms with Gasteiger partial charge < -0.3 is 0 Å². The first-order valence-corrected chi connectivity index (χ1v) is 6.74. The molecule has 17 heavy (non-hydrogen) atoms. The van der Waals surface area contributed by atoms with Gasteiger partial charge in [-0.3, -0.25) is 0 Å². The fourth-order valence-electron chi connectivity index (χ4n) is 3.04. The summed E-state index contributed by atoms with van der Waals surface area (Å²) in [5.41, 5.74) is -0.000440. The highest BCUT2D eigenvalue weighted by atomic mass is 127. The van der Waals surface area contributed by atoms with E-state index in [1.165, 1.54) is 0 Å². The topological polar surface area (TPSA) is 58.9 Å². The standard InChI is InChI=1S/C12H17IN2O2/c1-9-4-12(13,15-8-17)6-11(2,3)10(9)5-14-7-16/h9-10H,4-6H2,1-3H3. The molecule has 3 atom stereocenters. The van der Waals surface area contributed by atoms with Crippen molar-refractivity contribution in [1.82, 2.24) is 0 Å². The van der Waals surface area contributed by atoms with E-state index in [0.29, 0.717) is 18.4 Å². The highest BCUT2D eigenvalue weighted by Crippen LogP contribution is 2.52. The van der Waals surface area contributed by atoms with Crippen LogP contribution >= 0.6 is 22.6 Å². The van der Waals surface area contributed by atoms with Crippen LogP contribution in [0.1, 0.15) is 33.6 Å². The van der Waals surface area contributed by atoms with Crippen LogP contribution in [0.25, 0.3) is 0 Å². The van der Waals surface area contributed by atoms with E-state index in [4.69, 9.17) is 0 Å². The zero-order valence-corrected chi connectivity index (χ0v) is 12.5. The van der Waals surface area contributed by atoms with Gasteiger partial charge in [0, 0.05) is 0 Å². The quantitative estimate of drug-likeness (QED) is 0.259. The van der Waals surface area contributed by atoms with Crippen LogP contribution in [0.4, 0.5) is 0 Å². The maximum Gasteiger partial charge on any atom is 0.236 e. The number of halogens is 1. The highest BCUT2D eigenvalue weighted by Gasteiger charge is 2.47. The van der Waals surface area contributed by atoms with Gasteiger partial charge in [-0.25, -0.2) is 14.6 Å². The molecule has 0 bridgehead atoms. The Labute approximate surface area is 115 Å². The number of carbonyl (C=O) groups excluding carboxylic acids is 2. The van der Waals surface area contributed by atoms with Crippen molar-refractivity contribution >= 4 is 34.8 Å². The van der Waals surface area contributed by atoms with Crippen LogP contribution in [-0.4, -0.2) is 22.3 Å². The van der Waals surface area contributed by atoms with Gasteiger partial charge in [-0.2, -0.15) is 4.99 Å². The van der Waals surface area contributed by atoms with Crippen LogP contribution in [0.3, 0.4) is 0 Å². The maximum absolute atomic E-state index is 10.5. The Balaban J connectivity index is 2.95. The summed E-state index contributed by atoms with van der Waals surface area (Å²) in [6.07, 6.45) is 4.91. The van der Waals surface area contributed by atoms with Crippen molar-refractivity contribution in [3.05, 3.63) is 0 Å². The van der Waals surface area contributed by atoms with Gasteiger partial charge in [-0.15, -0.1) is 0 Å². The first-order chi connectivity index (χ1) is 7.84. The summed E-state index contributed by atoms with van der Waals surface area (Å²) in [4.78, 5) is 28.4. The average Bonchev–Trinajstić information content (AvgIpc) is 2.14. The number of hydrogen-bond donors (Lipinski definition) is 0. The molecular formula is C12H17IN2O2. The number of nitrogens with zero attached hydrogens (tertiary/aromatic N) is 2. The van der Waals surface area contributed by atoms with Crippen molar-refractivity contribution in [2.24, 2.45) is 27.2 Å². The Morgan fingerprint density at radius 1 is 1.35 bits per heavy atom. The normalized spacial score (nSPS) is 35.5. The fraction of sp³-hybridized carbons (Fsp3) is 0.833. The zero-order chi connectivity index (χ0) is 13.1. The summed E-state index contributed by atoms with van der Waals surface area (Å²) in [6, 6.07) is 0. The second-order valence-corrected chi connectivity index (χ2v) is 7.51. The lowest BCUT2D eigenvalue weighted by atomic mass is 9.62. The molecule has 0 amide bonds. The second kappa shape index (κ2) is 5.42. The van der Waals surface area contributed by atoms with Crippen LogP contribution in [-0.2, 0) is 9.59 Å². The van der Waals surface area contributed by atoms with Crippen molar-refractivity contribution in [3.63, 3.8) is 0 Å². The minimum atomic E-state index is -0.357.